The number of halogens is 1. The summed E-state index contributed by atoms with van der Waals surface area (Å²) in [5, 5.41) is 9.93. The molecular weight excluding hydrogens is 420 g/mol. The minimum absolute atomic E-state index is 0.0574. The van der Waals surface area contributed by atoms with Gasteiger partial charge in [-0.25, -0.2) is 13.9 Å². The second kappa shape index (κ2) is 7.10. The Balaban J connectivity index is 1.42. The summed E-state index contributed by atoms with van der Waals surface area (Å²) in [5.74, 6) is -0.611. The molecule has 3 fully saturated rings. The van der Waals surface area contributed by atoms with Gasteiger partial charge in [0.05, 0.1) is 19.0 Å². The highest BCUT2D eigenvalue weighted by atomic mass is 31.2. The van der Waals surface area contributed by atoms with E-state index in [0.717, 1.165) is 32.1 Å². The van der Waals surface area contributed by atoms with Crippen LogP contribution < -0.4 is 5.73 Å². The number of hydrogen-bond donors (Lipinski definition) is 2. The van der Waals surface area contributed by atoms with Crippen molar-refractivity contribution in [2.45, 2.75) is 69.2 Å². The second-order valence-corrected chi connectivity index (χ2v) is 9.62. The molecule has 13 heteroatoms. The average molecular weight is 443 g/mol. The third-order valence-electron chi connectivity index (χ3n) is 5.82. The van der Waals surface area contributed by atoms with Crippen LogP contribution in [-0.2, 0) is 22.9 Å². The van der Waals surface area contributed by atoms with Crippen molar-refractivity contribution < 1.29 is 32.4 Å². The van der Waals surface area contributed by atoms with Crippen LogP contribution in [0.1, 0.15) is 45.3 Å². The lowest BCUT2D eigenvalue weighted by Gasteiger charge is -2.35. The van der Waals surface area contributed by atoms with Gasteiger partial charge in [0.25, 0.3) is 0 Å². The van der Waals surface area contributed by atoms with Gasteiger partial charge >= 0.3 is 7.82 Å². The maximum atomic E-state index is 16.0. The lowest BCUT2D eigenvalue weighted by atomic mass is 9.98. The molecule has 0 radical (unpaired) electrons. The van der Waals surface area contributed by atoms with Crippen LogP contribution in [0, 0.1) is 0 Å². The highest BCUT2D eigenvalue weighted by Crippen LogP contribution is 2.60. The van der Waals surface area contributed by atoms with Crippen molar-refractivity contribution in [3.8, 4) is 5.88 Å². The van der Waals surface area contributed by atoms with Crippen molar-refractivity contribution in [2.24, 2.45) is 0 Å². The SMILES string of the molecule is C[C@@]1(F)[C@@H]2O[P@@](=O)(OC3CCCCC3)OC[C@H]2O[C@H]1n1cnc2c(O)nc(N)nc21. The zero-order valence-corrected chi connectivity index (χ0v) is 17.2. The van der Waals surface area contributed by atoms with E-state index in [0.29, 0.717) is 0 Å². The predicted molar refractivity (Wildman–Crippen MR) is 101 cm³/mol. The molecule has 0 bridgehead atoms. The molecule has 164 valence electrons. The van der Waals surface area contributed by atoms with Gasteiger partial charge in [0.2, 0.25) is 11.8 Å². The van der Waals surface area contributed by atoms with Gasteiger partial charge in [0.1, 0.15) is 12.2 Å². The first kappa shape index (κ1) is 20.1. The van der Waals surface area contributed by atoms with E-state index in [1.807, 2.05) is 0 Å². The van der Waals surface area contributed by atoms with E-state index >= 15 is 4.39 Å². The smallest absolute Gasteiger partial charge is 0.475 e. The first-order valence-electron chi connectivity index (χ1n) is 9.91. The molecule has 2 aromatic rings. The van der Waals surface area contributed by atoms with Crippen LogP contribution in [0.2, 0.25) is 0 Å². The quantitative estimate of drug-likeness (QED) is 0.679. The molecule has 0 unspecified atom stereocenters. The number of hydrogen-bond acceptors (Lipinski definition) is 10. The molecule has 1 aliphatic carbocycles. The Bertz CT molecular complexity index is 1010. The van der Waals surface area contributed by atoms with Crippen LogP contribution in [0.15, 0.2) is 6.33 Å². The van der Waals surface area contributed by atoms with Crippen molar-refractivity contribution in [3.05, 3.63) is 6.33 Å². The van der Waals surface area contributed by atoms with Crippen LogP contribution in [-0.4, -0.2) is 55.2 Å². The van der Waals surface area contributed by atoms with E-state index in [-0.39, 0.29) is 29.8 Å². The van der Waals surface area contributed by atoms with Gasteiger partial charge in [-0.1, -0.05) is 19.3 Å². The number of phosphoric acid groups is 1. The standard InChI is InChI=1S/C17H23FN5O6P/c1-17(18)12-10(7-26-30(25,29-12)28-9-5-3-2-4-6-9)27-15(17)23-8-20-11-13(23)21-16(19)22-14(11)24/h8-10,12,15H,2-7H2,1H3,(H3,19,21,22,24)/t10-,12-,15-,17-,30-/m1/s1. The number of imidazole rings is 1. The summed E-state index contributed by atoms with van der Waals surface area (Å²) in [6.07, 6.45) is 2.42. The van der Waals surface area contributed by atoms with Crippen LogP contribution in [0.3, 0.4) is 0 Å². The number of nitrogens with zero attached hydrogens (tertiary/aromatic N) is 4. The Kier molecular flexibility index (Phi) is 4.75. The lowest BCUT2D eigenvalue weighted by Crippen LogP contribution is -2.45. The molecule has 3 aliphatic rings. The predicted octanol–water partition coefficient (Wildman–Crippen LogP) is 2.61. The van der Waals surface area contributed by atoms with E-state index in [1.165, 1.54) is 17.8 Å². The van der Waals surface area contributed by atoms with E-state index in [9.17, 15) is 9.67 Å². The minimum Gasteiger partial charge on any atom is -0.492 e. The number of nitrogen functional groups attached to an aromatic ring is 1. The fourth-order valence-corrected chi connectivity index (χ4v) is 6.04. The van der Waals surface area contributed by atoms with E-state index in [4.69, 9.17) is 24.0 Å². The Hall–Kier alpha value is -1.85. The van der Waals surface area contributed by atoms with E-state index in [1.54, 1.807) is 0 Å². The van der Waals surface area contributed by atoms with E-state index < -0.39 is 37.8 Å². The molecule has 30 heavy (non-hydrogen) atoms. The third-order valence-corrected chi connectivity index (χ3v) is 7.33. The molecule has 5 rings (SSSR count). The molecule has 2 saturated heterocycles. The number of fused-ring (bicyclic) bond motifs is 2. The number of alkyl halides is 1. The molecule has 4 heterocycles. The molecule has 5 atom stereocenters. The number of nitrogens with two attached hydrogens (primary N) is 1. The van der Waals surface area contributed by atoms with Gasteiger partial charge < -0.3 is 15.6 Å². The summed E-state index contributed by atoms with van der Waals surface area (Å²) in [6.45, 7) is 1.15. The largest absolute Gasteiger partial charge is 0.492 e. The summed E-state index contributed by atoms with van der Waals surface area (Å²) in [4.78, 5) is 11.7. The zero-order valence-electron chi connectivity index (χ0n) is 16.3. The molecule has 0 amide bonds. The van der Waals surface area contributed by atoms with Crippen LogP contribution >= 0.6 is 7.82 Å². The van der Waals surface area contributed by atoms with Gasteiger partial charge in [-0.15, -0.1) is 0 Å². The molecule has 0 spiro atoms. The van der Waals surface area contributed by atoms with Crippen LogP contribution in [0.5, 0.6) is 5.88 Å². The van der Waals surface area contributed by atoms with Crippen molar-refractivity contribution in [1.29, 1.82) is 0 Å². The highest BCUT2D eigenvalue weighted by molar-refractivity contribution is 7.48. The number of phosphoric ester groups is 1. The maximum absolute atomic E-state index is 16.0. The summed E-state index contributed by atoms with van der Waals surface area (Å²) in [7, 11) is -3.93. The van der Waals surface area contributed by atoms with E-state index in [2.05, 4.69) is 15.0 Å². The normalized spacial score (nSPS) is 37.5. The molecule has 2 aliphatic heterocycles. The first-order chi connectivity index (χ1) is 14.3. The molecule has 11 nitrogen and oxygen atoms in total. The third kappa shape index (κ3) is 3.27. The molecule has 1 saturated carbocycles. The molecule has 2 aromatic heterocycles. The van der Waals surface area contributed by atoms with Crippen molar-refractivity contribution in [3.63, 3.8) is 0 Å². The topological polar surface area (TPSA) is 144 Å². The highest BCUT2D eigenvalue weighted by Gasteiger charge is 2.62. The van der Waals surface area contributed by atoms with Crippen LogP contribution in [0.25, 0.3) is 11.2 Å². The maximum Gasteiger partial charge on any atom is 0.475 e. The monoisotopic (exact) mass is 443 g/mol. The number of rotatable bonds is 3. The second-order valence-electron chi connectivity index (χ2n) is 8.04. The first-order valence-corrected chi connectivity index (χ1v) is 11.4. The van der Waals surface area contributed by atoms with Gasteiger partial charge in [-0.2, -0.15) is 9.97 Å². The Morgan fingerprint density at radius 3 is 2.90 bits per heavy atom. The van der Waals surface area contributed by atoms with Gasteiger partial charge in [-0.05, 0) is 19.8 Å². The summed E-state index contributed by atoms with van der Waals surface area (Å²) in [6, 6.07) is 0. The summed E-state index contributed by atoms with van der Waals surface area (Å²) in [5.41, 5.74) is 3.65. The molecule has 0 aromatic carbocycles. The summed E-state index contributed by atoms with van der Waals surface area (Å²) < 4.78 is 52.7. The molecular formula is C17H23FN5O6P. The van der Waals surface area contributed by atoms with Crippen molar-refractivity contribution >= 4 is 24.9 Å². The minimum atomic E-state index is -3.93. The van der Waals surface area contributed by atoms with Gasteiger partial charge in [0.15, 0.2) is 23.1 Å². The fourth-order valence-electron chi connectivity index (χ4n) is 4.34. The zero-order chi connectivity index (χ0) is 21.1. The Morgan fingerprint density at radius 2 is 2.13 bits per heavy atom. The van der Waals surface area contributed by atoms with Gasteiger partial charge in [-0.3, -0.25) is 18.1 Å². The number of aromatic nitrogens is 4. The number of aromatic hydroxyl groups is 1. The van der Waals surface area contributed by atoms with Crippen molar-refractivity contribution in [2.75, 3.05) is 12.3 Å². The molecule has 3 N–H and O–H groups in total. The Labute approximate surface area is 171 Å². The Morgan fingerprint density at radius 1 is 1.37 bits per heavy atom. The van der Waals surface area contributed by atoms with Gasteiger partial charge in [0, 0.05) is 0 Å². The number of anilines is 1. The lowest BCUT2D eigenvalue weighted by molar-refractivity contribution is -0.0763. The summed E-state index contributed by atoms with van der Waals surface area (Å²) >= 11 is 0. The van der Waals surface area contributed by atoms with Crippen molar-refractivity contribution in [1.82, 2.24) is 19.5 Å². The number of ether oxygens (including phenoxy) is 1. The fraction of sp³-hybridized carbons (Fsp3) is 0.706. The average Bonchev–Trinajstić information content (AvgIpc) is 3.21. The van der Waals surface area contributed by atoms with Crippen LogP contribution in [0.4, 0.5) is 10.3 Å².